The molecule has 0 saturated heterocycles. The van der Waals surface area contributed by atoms with Gasteiger partial charge in [0.1, 0.15) is 9.84 Å². The van der Waals surface area contributed by atoms with E-state index in [1.165, 1.54) is 6.26 Å². The fourth-order valence-corrected chi connectivity index (χ4v) is 1.96. The molecule has 4 nitrogen and oxygen atoms in total. The maximum absolute atomic E-state index is 10.9. The standard InChI is InChI=1S/C10H23NO3S/c1-9(2)10(8-14-3)11-6-5-7-15(4,12)13/h9-11H,5-8H2,1-4H3. The lowest BCUT2D eigenvalue weighted by Gasteiger charge is -2.21. The molecule has 0 aliphatic rings. The first kappa shape index (κ1) is 14.9. The van der Waals surface area contributed by atoms with Gasteiger partial charge in [-0.2, -0.15) is 0 Å². The molecule has 0 aliphatic carbocycles. The Hall–Kier alpha value is -0.130. The molecule has 0 spiro atoms. The Morgan fingerprint density at radius 1 is 1.33 bits per heavy atom. The normalized spacial score (nSPS) is 14.5. The number of sulfone groups is 1. The summed E-state index contributed by atoms with van der Waals surface area (Å²) < 4.78 is 26.8. The van der Waals surface area contributed by atoms with Gasteiger partial charge in [-0.15, -0.1) is 0 Å². The third-order valence-corrected chi connectivity index (χ3v) is 3.28. The summed E-state index contributed by atoms with van der Waals surface area (Å²) >= 11 is 0. The topological polar surface area (TPSA) is 55.4 Å². The smallest absolute Gasteiger partial charge is 0.147 e. The summed E-state index contributed by atoms with van der Waals surface area (Å²) in [6, 6.07) is 0.301. The minimum absolute atomic E-state index is 0.248. The summed E-state index contributed by atoms with van der Waals surface area (Å²) in [5.41, 5.74) is 0. The maximum atomic E-state index is 10.9. The van der Waals surface area contributed by atoms with Crippen molar-refractivity contribution >= 4 is 9.84 Å². The van der Waals surface area contributed by atoms with Crippen LogP contribution < -0.4 is 5.32 Å². The Balaban J connectivity index is 3.72. The van der Waals surface area contributed by atoms with Gasteiger partial charge >= 0.3 is 0 Å². The fourth-order valence-electron chi connectivity index (χ4n) is 1.29. The van der Waals surface area contributed by atoms with Crippen molar-refractivity contribution in [2.45, 2.75) is 26.3 Å². The Morgan fingerprint density at radius 3 is 2.33 bits per heavy atom. The first-order valence-corrected chi connectivity index (χ1v) is 7.33. The van der Waals surface area contributed by atoms with E-state index in [2.05, 4.69) is 19.2 Å². The molecule has 0 aromatic rings. The average Bonchev–Trinajstić information content (AvgIpc) is 2.08. The van der Waals surface area contributed by atoms with Gasteiger partial charge in [0.05, 0.1) is 12.4 Å². The molecule has 1 atom stereocenters. The summed E-state index contributed by atoms with van der Waals surface area (Å²) in [6.45, 7) is 5.62. The van der Waals surface area contributed by atoms with E-state index in [1.54, 1.807) is 7.11 Å². The molecule has 0 aromatic heterocycles. The molecule has 0 aliphatic heterocycles. The number of methoxy groups -OCH3 is 1. The van der Waals surface area contributed by atoms with E-state index in [1.807, 2.05) is 0 Å². The predicted octanol–water partition coefficient (Wildman–Crippen LogP) is 0.682. The number of rotatable bonds is 8. The Morgan fingerprint density at radius 2 is 1.93 bits per heavy atom. The van der Waals surface area contributed by atoms with Crippen LogP contribution in [0.3, 0.4) is 0 Å². The van der Waals surface area contributed by atoms with Gasteiger partial charge in [0.25, 0.3) is 0 Å². The molecule has 0 fully saturated rings. The second kappa shape index (κ2) is 7.19. The molecule has 92 valence electrons. The second-order valence-corrected chi connectivity index (χ2v) is 6.50. The molecule has 0 rings (SSSR count). The van der Waals surface area contributed by atoms with Crippen molar-refractivity contribution in [1.82, 2.24) is 5.32 Å². The molecule has 0 amide bonds. The van der Waals surface area contributed by atoms with Gasteiger partial charge in [-0.05, 0) is 18.9 Å². The zero-order chi connectivity index (χ0) is 11.9. The highest BCUT2D eigenvalue weighted by Gasteiger charge is 2.12. The van der Waals surface area contributed by atoms with Crippen LogP contribution >= 0.6 is 0 Å². The summed E-state index contributed by atoms with van der Waals surface area (Å²) in [4.78, 5) is 0. The van der Waals surface area contributed by atoms with Gasteiger partial charge in [0.2, 0.25) is 0 Å². The average molecular weight is 237 g/mol. The highest BCUT2D eigenvalue weighted by atomic mass is 32.2. The van der Waals surface area contributed by atoms with E-state index in [9.17, 15) is 8.42 Å². The van der Waals surface area contributed by atoms with Gasteiger partial charge in [-0.1, -0.05) is 13.8 Å². The third-order valence-electron chi connectivity index (χ3n) is 2.25. The first-order chi connectivity index (χ1) is 6.87. The molecule has 5 heteroatoms. The summed E-state index contributed by atoms with van der Waals surface area (Å²) in [5.74, 6) is 0.737. The summed E-state index contributed by atoms with van der Waals surface area (Å²) in [6.07, 6.45) is 1.92. The van der Waals surface area contributed by atoms with Crippen molar-refractivity contribution in [2.24, 2.45) is 5.92 Å². The quantitative estimate of drug-likeness (QED) is 0.631. The van der Waals surface area contributed by atoms with Gasteiger partial charge in [0, 0.05) is 19.4 Å². The van der Waals surface area contributed by atoms with Crippen LogP contribution in [0.4, 0.5) is 0 Å². The Kier molecular flexibility index (Phi) is 7.13. The van der Waals surface area contributed by atoms with Gasteiger partial charge in [-0.25, -0.2) is 8.42 Å². The van der Waals surface area contributed by atoms with Crippen LogP contribution in [0.2, 0.25) is 0 Å². The van der Waals surface area contributed by atoms with Crippen LogP contribution in [-0.4, -0.2) is 46.7 Å². The van der Waals surface area contributed by atoms with Crippen LogP contribution in [0.15, 0.2) is 0 Å². The summed E-state index contributed by atoms with van der Waals surface area (Å²) in [5, 5.41) is 3.30. The van der Waals surface area contributed by atoms with Crippen molar-refractivity contribution in [3.05, 3.63) is 0 Å². The van der Waals surface area contributed by atoms with E-state index >= 15 is 0 Å². The molecule has 0 radical (unpaired) electrons. The highest BCUT2D eigenvalue weighted by Crippen LogP contribution is 2.01. The maximum Gasteiger partial charge on any atom is 0.147 e. The molecular weight excluding hydrogens is 214 g/mol. The van der Waals surface area contributed by atoms with E-state index in [-0.39, 0.29) is 5.75 Å². The van der Waals surface area contributed by atoms with E-state index < -0.39 is 9.84 Å². The largest absolute Gasteiger partial charge is 0.383 e. The van der Waals surface area contributed by atoms with Crippen LogP contribution in [-0.2, 0) is 14.6 Å². The molecule has 1 unspecified atom stereocenters. The highest BCUT2D eigenvalue weighted by molar-refractivity contribution is 7.90. The molecule has 0 aromatic carbocycles. The summed E-state index contributed by atoms with van der Waals surface area (Å²) in [7, 11) is -1.15. The predicted molar refractivity (Wildman–Crippen MR) is 62.8 cm³/mol. The van der Waals surface area contributed by atoms with Gasteiger partial charge in [-0.3, -0.25) is 0 Å². The lowest BCUT2D eigenvalue weighted by atomic mass is 10.1. The second-order valence-electron chi connectivity index (χ2n) is 4.24. The third kappa shape index (κ3) is 8.84. The number of hydrogen-bond acceptors (Lipinski definition) is 4. The molecular formula is C10H23NO3S. The Bertz CT molecular complexity index is 249. The fraction of sp³-hybridized carbons (Fsp3) is 1.00. The van der Waals surface area contributed by atoms with E-state index in [0.717, 1.165) is 6.54 Å². The monoisotopic (exact) mass is 237 g/mol. The van der Waals surface area contributed by atoms with Crippen molar-refractivity contribution in [3.63, 3.8) is 0 Å². The lowest BCUT2D eigenvalue weighted by molar-refractivity contribution is 0.147. The van der Waals surface area contributed by atoms with Crippen molar-refractivity contribution < 1.29 is 13.2 Å². The van der Waals surface area contributed by atoms with Crippen molar-refractivity contribution in [3.8, 4) is 0 Å². The lowest BCUT2D eigenvalue weighted by Crippen LogP contribution is -2.38. The van der Waals surface area contributed by atoms with E-state index in [0.29, 0.717) is 25.0 Å². The zero-order valence-electron chi connectivity index (χ0n) is 10.1. The van der Waals surface area contributed by atoms with Crippen LogP contribution in [0.5, 0.6) is 0 Å². The molecule has 0 bridgehead atoms. The molecule has 0 saturated carbocycles. The minimum atomic E-state index is -2.83. The molecule has 15 heavy (non-hydrogen) atoms. The van der Waals surface area contributed by atoms with Crippen molar-refractivity contribution in [2.75, 3.05) is 32.3 Å². The molecule has 1 N–H and O–H groups in total. The molecule has 0 heterocycles. The number of nitrogens with one attached hydrogen (secondary N) is 1. The minimum Gasteiger partial charge on any atom is -0.383 e. The van der Waals surface area contributed by atoms with Gasteiger partial charge in [0.15, 0.2) is 0 Å². The van der Waals surface area contributed by atoms with E-state index in [4.69, 9.17) is 4.74 Å². The van der Waals surface area contributed by atoms with Gasteiger partial charge < -0.3 is 10.1 Å². The zero-order valence-corrected chi connectivity index (χ0v) is 10.9. The SMILES string of the molecule is COCC(NCCCS(C)(=O)=O)C(C)C. The number of hydrogen-bond donors (Lipinski definition) is 1. The van der Waals surface area contributed by atoms with Crippen LogP contribution in [0.1, 0.15) is 20.3 Å². The first-order valence-electron chi connectivity index (χ1n) is 5.27. The van der Waals surface area contributed by atoms with Crippen molar-refractivity contribution in [1.29, 1.82) is 0 Å². The Labute approximate surface area is 93.3 Å². The van der Waals surface area contributed by atoms with Crippen LogP contribution in [0, 0.1) is 5.92 Å². The van der Waals surface area contributed by atoms with Crippen LogP contribution in [0.25, 0.3) is 0 Å². The number of ether oxygens (including phenoxy) is 1.